The lowest BCUT2D eigenvalue weighted by atomic mass is 10.1. The number of rotatable bonds is 2. The molecule has 1 aliphatic rings. The molecule has 0 unspecified atom stereocenters. The molecule has 0 amide bonds. The Morgan fingerprint density at radius 3 is 2.38 bits per heavy atom. The van der Waals surface area contributed by atoms with Crippen LogP contribution in [0.5, 0.6) is 0 Å². The van der Waals surface area contributed by atoms with E-state index in [1.807, 2.05) is 20.8 Å². The maximum Gasteiger partial charge on any atom is 0.405 e. The van der Waals surface area contributed by atoms with E-state index in [0.717, 1.165) is 6.07 Å². The fourth-order valence-corrected chi connectivity index (χ4v) is 4.01. The highest BCUT2D eigenvalue weighted by Crippen LogP contribution is 2.57. The van der Waals surface area contributed by atoms with E-state index in [0.29, 0.717) is 15.9 Å². The maximum absolute atomic E-state index is 14.4. The van der Waals surface area contributed by atoms with Crippen LogP contribution in [0.25, 0.3) is 10.9 Å². The van der Waals surface area contributed by atoms with Crippen molar-refractivity contribution in [1.29, 1.82) is 0 Å². The van der Waals surface area contributed by atoms with Gasteiger partial charge in [-0.15, -0.1) is 0 Å². The van der Waals surface area contributed by atoms with Crippen LogP contribution in [0, 0.1) is 23.1 Å². The number of anilines is 2. The first-order valence-corrected chi connectivity index (χ1v) is 11.0. The predicted molar refractivity (Wildman–Crippen MR) is 125 cm³/mol. The van der Waals surface area contributed by atoms with Crippen LogP contribution in [0.3, 0.4) is 0 Å². The van der Waals surface area contributed by atoms with Crippen LogP contribution in [0.15, 0.2) is 41.2 Å². The third kappa shape index (κ3) is 4.37. The summed E-state index contributed by atoms with van der Waals surface area (Å²) in [6.45, 7) is 5.60. The third-order valence-electron chi connectivity index (χ3n) is 5.83. The van der Waals surface area contributed by atoms with Crippen molar-refractivity contribution in [3.05, 3.63) is 63.3 Å². The second-order valence-corrected chi connectivity index (χ2v) is 9.91. The van der Waals surface area contributed by atoms with Crippen molar-refractivity contribution in [2.24, 2.45) is 5.41 Å². The zero-order chi connectivity index (χ0) is 25.1. The number of hydrogen-bond acceptors (Lipinski definition) is 3. The Labute approximate surface area is 199 Å². The minimum atomic E-state index is -4.42. The van der Waals surface area contributed by atoms with Crippen molar-refractivity contribution < 1.29 is 17.6 Å². The van der Waals surface area contributed by atoms with Crippen LogP contribution in [-0.4, -0.2) is 22.8 Å². The van der Waals surface area contributed by atoms with Gasteiger partial charge in [-0.2, -0.15) is 18.2 Å². The summed E-state index contributed by atoms with van der Waals surface area (Å²) in [5.74, 6) is 4.36. The lowest BCUT2D eigenvalue weighted by Crippen LogP contribution is -2.36. The first-order valence-electron chi connectivity index (χ1n) is 10.6. The molecule has 1 aromatic heterocycles. The van der Waals surface area contributed by atoms with E-state index < -0.39 is 28.6 Å². The highest BCUT2D eigenvalue weighted by atomic mass is 35.5. The first kappa shape index (κ1) is 24.1. The summed E-state index contributed by atoms with van der Waals surface area (Å²) in [6.07, 6.45) is -4.55. The Kier molecular flexibility index (Phi) is 5.68. The molecule has 1 aliphatic carbocycles. The van der Waals surface area contributed by atoms with E-state index >= 15 is 0 Å². The Morgan fingerprint density at radius 1 is 1.12 bits per heavy atom. The van der Waals surface area contributed by atoms with Crippen LogP contribution in [0.1, 0.15) is 39.2 Å². The van der Waals surface area contributed by atoms with Gasteiger partial charge in [0.15, 0.2) is 0 Å². The molecular weight excluding hydrogens is 470 g/mol. The van der Waals surface area contributed by atoms with Gasteiger partial charge < -0.3 is 4.90 Å². The van der Waals surface area contributed by atoms with Crippen LogP contribution >= 0.6 is 11.6 Å². The fourth-order valence-electron chi connectivity index (χ4n) is 3.85. The van der Waals surface area contributed by atoms with Crippen LogP contribution in [-0.2, 0) is 5.54 Å². The molecule has 0 N–H and O–H groups in total. The van der Waals surface area contributed by atoms with Crippen LogP contribution in [0.2, 0.25) is 5.02 Å². The molecule has 9 heteroatoms. The van der Waals surface area contributed by atoms with Gasteiger partial charge in [-0.1, -0.05) is 23.4 Å². The van der Waals surface area contributed by atoms with E-state index in [1.165, 1.54) is 21.6 Å². The van der Waals surface area contributed by atoms with Crippen LogP contribution in [0.4, 0.5) is 29.1 Å². The molecule has 1 saturated carbocycles. The molecule has 34 heavy (non-hydrogen) atoms. The first-order chi connectivity index (χ1) is 15.7. The van der Waals surface area contributed by atoms with Crippen LogP contribution < -0.4 is 10.6 Å². The number of benzene rings is 2. The molecular formula is C25H22ClF4N3O. The summed E-state index contributed by atoms with van der Waals surface area (Å²) in [6, 6.07) is 8.81. The van der Waals surface area contributed by atoms with E-state index in [9.17, 15) is 22.4 Å². The summed E-state index contributed by atoms with van der Waals surface area (Å²) in [5, 5.41) is 1.04. The molecule has 3 aromatic rings. The van der Waals surface area contributed by atoms with Crippen molar-refractivity contribution in [1.82, 2.24) is 9.55 Å². The molecule has 0 saturated heterocycles. The highest BCUT2D eigenvalue weighted by Gasteiger charge is 2.62. The standard InChI is InChI=1S/C25H22ClF4N3O/c1-23(2,3)33-20-13-16(26)5-6-19(20)21(31-22(33)34)32(4)18-12-15(11-17(27)14-18)7-8-24(9-10-24)25(28,29)30/h5-6,11-14H,9-10H2,1-4H3. The zero-order valence-electron chi connectivity index (χ0n) is 19.0. The van der Waals surface area contributed by atoms with Crippen molar-refractivity contribution >= 4 is 34.0 Å². The largest absolute Gasteiger partial charge is 0.405 e. The molecule has 0 spiro atoms. The summed E-state index contributed by atoms with van der Waals surface area (Å²) in [5.41, 5.74) is -2.16. The fraction of sp³-hybridized carbons (Fsp3) is 0.360. The second-order valence-electron chi connectivity index (χ2n) is 9.47. The third-order valence-corrected chi connectivity index (χ3v) is 6.07. The number of alkyl halides is 3. The van der Waals surface area contributed by atoms with Gasteiger partial charge in [0.1, 0.15) is 17.1 Å². The number of aromatic nitrogens is 2. The van der Waals surface area contributed by atoms with E-state index in [1.54, 1.807) is 25.2 Å². The number of nitrogens with zero attached hydrogens (tertiary/aromatic N) is 3. The lowest BCUT2D eigenvalue weighted by molar-refractivity contribution is -0.168. The highest BCUT2D eigenvalue weighted by molar-refractivity contribution is 6.31. The average molecular weight is 492 g/mol. The van der Waals surface area contributed by atoms with Crippen molar-refractivity contribution in [2.75, 3.05) is 11.9 Å². The summed E-state index contributed by atoms with van der Waals surface area (Å²) < 4.78 is 55.6. The molecule has 0 bridgehead atoms. The minimum Gasteiger partial charge on any atom is -0.329 e. The smallest absolute Gasteiger partial charge is 0.329 e. The van der Waals surface area contributed by atoms with E-state index in [-0.39, 0.29) is 29.9 Å². The summed E-state index contributed by atoms with van der Waals surface area (Å²) in [7, 11) is 1.60. The van der Waals surface area contributed by atoms with Gasteiger partial charge >= 0.3 is 11.9 Å². The molecule has 4 rings (SSSR count). The van der Waals surface area contributed by atoms with E-state index in [4.69, 9.17) is 11.6 Å². The molecule has 4 nitrogen and oxygen atoms in total. The van der Waals surface area contributed by atoms with Gasteiger partial charge in [-0.05, 0) is 70.0 Å². The second kappa shape index (κ2) is 8.02. The number of hydrogen-bond donors (Lipinski definition) is 0. The molecule has 2 aromatic carbocycles. The van der Waals surface area contributed by atoms with Gasteiger partial charge in [0, 0.05) is 34.2 Å². The Bertz CT molecular complexity index is 1410. The lowest BCUT2D eigenvalue weighted by Gasteiger charge is -2.27. The monoisotopic (exact) mass is 491 g/mol. The number of halogens is 5. The van der Waals surface area contributed by atoms with Gasteiger partial charge in [0.2, 0.25) is 0 Å². The predicted octanol–water partition coefficient (Wildman–Crippen LogP) is 6.41. The molecule has 0 radical (unpaired) electrons. The molecule has 1 heterocycles. The van der Waals surface area contributed by atoms with Crippen molar-refractivity contribution in [3.63, 3.8) is 0 Å². The van der Waals surface area contributed by atoms with Gasteiger partial charge in [0.25, 0.3) is 0 Å². The molecule has 0 aliphatic heterocycles. The topological polar surface area (TPSA) is 38.1 Å². The van der Waals surface area contributed by atoms with Crippen molar-refractivity contribution in [3.8, 4) is 11.8 Å². The summed E-state index contributed by atoms with van der Waals surface area (Å²) >= 11 is 6.20. The Balaban J connectivity index is 1.83. The minimum absolute atomic E-state index is 0.0614. The quantitative estimate of drug-likeness (QED) is 0.307. The van der Waals surface area contributed by atoms with E-state index in [2.05, 4.69) is 16.8 Å². The number of fused-ring (bicyclic) bond motifs is 1. The Hall–Kier alpha value is -3.05. The van der Waals surface area contributed by atoms with Gasteiger partial charge in [0.05, 0.1) is 5.52 Å². The van der Waals surface area contributed by atoms with Gasteiger partial charge in [-0.25, -0.2) is 9.18 Å². The zero-order valence-corrected chi connectivity index (χ0v) is 19.8. The summed E-state index contributed by atoms with van der Waals surface area (Å²) in [4.78, 5) is 18.7. The average Bonchev–Trinajstić information content (AvgIpc) is 3.51. The molecule has 1 fully saturated rings. The SMILES string of the molecule is CN(c1cc(F)cc(C#CC2(C(F)(F)F)CC2)c1)c1nc(=O)n(C(C)(C)C)c2cc(Cl)ccc12. The molecule has 0 atom stereocenters. The van der Waals surface area contributed by atoms with Gasteiger partial charge in [-0.3, -0.25) is 4.57 Å². The molecule has 178 valence electrons. The maximum atomic E-state index is 14.4. The Morgan fingerprint density at radius 2 is 1.79 bits per heavy atom. The van der Waals surface area contributed by atoms with Crippen molar-refractivity contribution in [2.45, 2.75) is 45.3 Å². The normalized spacial score (nSPS) is 15.1.